The summed E-state index contributed by atoms with van der Waals surface area (Å²) in [7, 11) is 0. The number of carbonyl (C=O) groups is 2. The topological polar surface area (TPSA) is 75.4 Å². The number of aromatic nitrogens is 1. The summed E-state index contributed by atoms with van der Waals surface area (Å²) in [6.45, 7) is 3.23. The molecule has 2 aliphatic rings. The van der Waals surface area contributed by atoms with Gasteiger partial charge in [0.15, 0.2) is 0 Å². The number of aryl methyl sites for hydroxylation is 1. The van der Waals surface area contributed by atoms with E-state index in [0.29, 0.717) is 19.4 Å². The first-order valence-electron chi connectivity index (χ1n) is 8.15. The normalized spacial score (nSPS) is 21.1. The number of amides is 2. The molecule has 1 saturated carbocycles. The van der Waals surface area contributed by atoms with Crippen LogP contribution in [0.4, 0.5) is 0 Å². The largest absolute Gasteiger partial charge is 0.361 e. The van der Waals surface area contributed by atoms with Crippen molar-refractivity contribution in [1.82, 2.24) is 15.4 Å². The Morgan fingerprint density at radius 2 is 2.23 bits per heavy atom. The summed E-state index contributed by atoms with van der Waals surface area (Å²) >= 11 is 0. The van der Waals surface area contributed by atoms with Crippen LogP contribution in [-0.4, -0.2) is 35.0 Å². The predicted molar refractivity (Wildman–Crippen MR) is 79.9 cm³/mol. The summed E-state index contributed by atoms with van der Waals surface area (Å²) in [5.41, 5.74) is 0.852. The van der Waals surface area contributed by atoms with E-state index in [9.17, 15) is 9.59 Å². The maximum Gasteiger partial charge on any atom is 0.223 e. The Kier molecular flexibility index (Phi) is 4.45. The molecule has 2 amide bonds. The van der Waals surface area contributed by atoms with Crippen molar-refractivity contribution in [2.24, 2.45) is 5.92 Å². The summed E-state index contributed by atoms with van der Waals surface area (Å²) in [6, 6.07) is 1.96. The highest BCUT2D eigenvalue weighted by Gasteiger charge is 2.32. The molecule has 0 aromatic carbocycles. The predicted octanol–water partition coefficient (Wildman–Crippen LogP) is 1.95. The van der Waals surface area contributed by atoms with E-state index in [1.165, 1.54) is 0 Å². The van der Waals surface area contributed by atoms with Crippen molar-refractivity contribution in [2.75, 3.05) is 13.1 Å². The van der Waals surface area contributed by atoms with Crippen molar-refractivity contribution in [3.63, 3.8) is 0 Å². The summed E-state index contributed by atoms with van der Waals surface area (Å²) in [4.78, 5) is 25.8. The van der Waals surface area contributed by atoms with Crippen LogP contribution in [0.2, 0.25) is 0 Å². The molecule has 1 aliphatic carbocycles. The molecule has 120 valence electrons. The number of nitrogens with one attached hydrogen (secondary N) is 1. The Balaban J connectivity index is 1.45. The lowest BCUT2D eigenvalue weighted by atomic mass is 10.1. The summed E-state index contributed by atoms with van der Waals surface area (Å²) in [5, 5.41) is 6.95. The zero-order chi connectivity index (χ0) is 15.5. The molecule has 1 atom stereocenters. The summed E-state index contributed by atoms with van der Waals surface area (Å²) in [5.74, 6) is 1.29. The summed E-state index contributed by atoms with van der Waals surface area (Å²) in [6.07, 6.45) is 5.13. The lowest BCUT2D eigenvalue weighted by Gasteiger charge is -2.23. The smallest absolute Gasteiger partial charge is 0.223 e. The third-order valence-corrected chi connectivity index (χ3v) is 4.38. The SMILES string of the molecule is Cc1cc([C@@H]2CCCN2C(=O)CCCNC(=O)C2CC2)no1. The van der Waals surface area contributed by atoms with E-state index >= 15 is 0 Å². The van der Waals surface area contributed by atoms with Gasteiger partial charge in [0.2, 0.25) is 11.8 Å². The van der Waals surface area contributed by atoms with Gasteiger partial charge >= 0.3 is 0 Å². The fraction of sp³-hybridized carbons (Fsp3) is 0.688. The third-order valence-electron chi connectivity index (χ3n) is 4.38. The van der Waals surface area contributed by atoms with Gasteiger partial charge in [-0.2, -0.15) is 0 Å². The fourth-order valence-electron chi connectivity index (χ4n) is 3.00. The van der Waals surface area contributed by atoms with E-state index in [0.717, 1.165) is 43.7 Å². The van der Waals surface area contributed by atoms with Gasteiger partial charge in [-0.25, -0.2) is 0 Å². The van der Waals surface area contributed by atoms with Crippen LogP contribution in [0.15, 0.2) is 10.6 Å². The molecular weight excluding hydrogens is 282 g/mol. The van der Waals surface area contributed by atoms with Gasteiger partial charge in [0, 0.05) is 31.5 Å². The van der Waals surface area contributed by atoms with Gasteiger partial charge in [0.1, 0.15) is 11.5 Å². The molecule has 0 radical (unpaired) electrons. The maximum absolute atomic E-state index is 12.4. The zero-order valence-electron chi connectivity index (χ0n) is 13.0. The van der Waals surface area contributed by atoms with Crippen molar-refractivity contribution in [3.8, 4) is 0 Å². The average Bonchev–Trinajstić information content (AvgIpc) is 3.08. The van der Waals surface area contributed by atoms with Crippen LogP contribution in [0.5, 0.6) is 0 Å². The number of nitrogens with zero attached hydrogens (tertiary/aromatic N) is 2. The molecule has 3 rings (SSSR count). The molecule has 6 heteroatoms. The number of likely N-dealkylation sites (tertiary alicyclic amines) is 1. The number of carbonyl (C=O) groups excluding carboxylic acids is 2. The lowest BCUT2D eigenvalue weighted by molar-refractivity contribution is -0.132. The van der Waals surface area contributed by atoms with Gasteiger partial charge in [0.05, 0.1) is 6.04 Å². The number of hydrogen-bond donors (Lipinski definition) is 1. The van der Waals surface area contributed by atoms with Crippen LogP contribution < -0.4 is 5.32 Å². The quantitative estimate of drug-likeness (QED) is 0.815. The van der Waals surface area contributed by atoms with Crippen LogP contribution in [0.1, 0.15) is 56.0 Å². The second-order valence-electron chi connectivity index (χ2n) is 6.28. The highest BCUT2D eigenvalue weighted by Crippen LogP contribution is 2.32. The molecule has 22 heavy (non-hydrogen) atoms. The molecular formula is C16H23N3O3. The Morgan fingerprint density at radius 3 is 2.91 bits per heavy atom. The monoisotopic (exact) mass is 305 g/mol. The molecule has 1 aromatic rings. The first-order valence-corrected chi connectivity index (χ1v) is 8.15. The van der Waals surface area contributed by atoms with E-state index in [2.05, 4.69) is 10.5 Å². The van der Waals surface area contributed by atoms with Crippen molar-refractivity contribution < 1.29 is 14.1 Å². The van der Waals surface area contributed by atoms with Gasteiger partial charge in [-0.15, -0.1) is 0 Å². The van der Waals surface area contributed by atoms with E-state index in [4.69, 9.17) is 4.52 Å². The molecule has 1 saturated heterocycles. The van der Waals surface area contributed by atoms with Crippen LogP contribution >= 0.6 is 0 Å². The van der Waals surface area contributed by atoms with Crippen LogP contribution in [0, 0.1) is 12.8 Å². The van der Waals surface area contributed by atoms with Crippen molar-refractivity contribution >= 4 is 11.8 Å². The van der Waals surface area contributed by atoms with Gasteiger partial charge in [-0.1, -0.05) is 5.16 Å². The van der Waals surface area contributed by atoms with E-state index < -0.39 is 0 Å². The molecule has 1 aliphatic heterocycles. The standard InChI is InChI=1S/C16H23N3O3/c1-11-10-13(18-22-11)14-4-3-9-19(14)15(20)5-2-8-17-16(21)12-6-7-12/h10,12,14H,2-9H2,1H3,(H,17,21)/t14-/m0/s1. The molecule has 0 unspecified atom stereocenters. The Morgan fingerprint density at radius 1 is 1.41 bits per heavy atom. The van der Waals surface area contributed by atoms with Gasteiger partial charge in [0.25, 0.3) is 0 Å². The summed E-state index contributed by atoms with van der Waals surface area (Å²) < 4.78 is 5.12. The Hall–Kier alpha value is -1.85. The fourth-order valence-corrected chi connectivity index (χ4v) is 3.00. The highest BCUT2D eigenvalue weighted by molar-refractivity contribution is 5.81. The minimum atomic E-state index is 0.0472. The molecule has 2 heterocycles. The average molecular weight is 305 g/mol. The highest BCUT2D eigenvalue weighted by atomic mass is 16.5. The third kappa shape index (κ3) is 3.48. The van der Waals surface area contributed by atoms with E-state index in [-0.39, 0.29) is 23.8 Å². The minimum absolute atomic E-state index is 0.0472. The molecule has 1 N–H and O–H groups in total. The molecule has 0 spiro atoms. The van der Waals surface area contributed by atoms with Gasteiger partial charge in [-0.3, -0.25) is 9.59 Å². The molecule has 0 bridgehead atoms. The van der Waals surface area contributed by atoms with Gasteiger partial charge < -0.3 is 14.7 Å². The lowest BCUT2D eigenvalue weighted by Crippen LogP contribution is -2.32. The van der Waals surface area contributed by atoms with Crippen molar-refractivity contribution in [2.45, 2.75) is 51.5 Å². The Bertz CT molecular complexity index is 551. The van der Waals surface area contributed by atoms with Crippen LogP contribution in [-0.2, 0) is 9.59 Å². The van der Waals surface area contributed by atoms with E-state index in [1.807, 2.05) is 17.9 Å². The second-order valence-corrected chi connectivity index (χ2v) is 6.28. The first kappa shape index (κ1) is 15.1. The van der Waals surface area contributed by atoms with Crippen molar-refractivity contribution in [1.29, 1.82) is 0 Å². The first-order chi connectivity index (χ1) is 10.6. The minimum Gasteiger partial charge on any atom is -0.361 e. The molecule has 2 fully saturated rings. The van der Waals surface area contributed by atoms with Gasteiger partial charge in [-0.05, 0) is 39.0 Å². The zero-order valence-corrected chi connectivity index (χ0v) is 13.0. The molecule has 6 nitrogen and oxygen atoms in total. The van der Waals surface area contributed by atoms with Crippen molar-refractivity contribution in [3.05, 3.63) is 17.5 Å². The Labute approximate surface area is 130 Å². The molecule has 1 aromatic heterocycles. The number of rotatable bonds is 6. The number of hydrogen-bond acceptors (Lipinski definition) is 4. The maximum atomic E-state index is 12.4. The van der Waals surface area contributed by atoms with E-state index in [1.54, 1.807) is 0 Å². The van der Waals surface area contributed by atoms with Crippen LogP contribution in [0.3, 0.4) is 0 Å². The second kappa shape index (κ2) is 6.50. The van der Waals surface area contributed by atoms with Crippen LogP contribution in [0.25, 0.3) is 0 Å².